The summed E-state index contributed by atoms with van der Waals surface area (Å²) in [5.41, 5.74) is 0.398. The Morgan fingerprint density at radius 1 is 1.29 bits per heavy atom. The van der Waals surface area contributed by atoms with E-state index in [2.05, 4.69) is 5.32 Å². The number of rotatable bonds is 2. The van der Waals surface area contributed by atoms with Gasteiger partial charge in [0.25, 0.3) is 5.91 Å². The van der Waals surface area contributed by atoms with Crippen molar-refractivity contribution >= 4 is 40.7 Å². The van der Waals surface area contributed by atoms with Gasteiger partial charge in [-0.25, -0.2) is 0 Å². The average molecular weight is 293 g/mol. The van der Waals surface area contributed by atoms with E-state index in [1.807, 2.05) is 0 Å². The number of amides is 1. The molecule has 5 heteroatoms. The second-order valence-corrected chi connectivity index (χ2v) is 5.47. The van der Waals surface area contributed by atoms with Gasteiger partial charge in [-0.2, -0.15) is 0 Å². The molecule has 92 valence electrons. The molecule has 1 N–H and O–H groups in total. The van der Waals surface area contributed by atoms with Gasteiger partial charge >= 0.3 is 0 Å². The first-order chi connectivity index (χ1) is 8.09. The lowest BCUT2D eigenvalue weighted by Crippen LogP contribution is -2.37. The minimum absolute atomic E-state index is 0.0110. The van der Waals surface area contributed by atoms with Crippen LogP contribution >= 0.6 is 34.8 Å². The predicted molar refractivity (Wildman–Crippen MR) is 71.2 cm³/mol. The molecule has 1 aliphatic carbocycles. The van der Waals surface area contributed by atoms with Gasteiger partial charge in [-0.1, -0.05) is 29.3 Å². The summed E-state index contributed by atoms with van der Waals surface area (Å²) < 4.78 is 0. The second-order valence-electron chi connectivity index (χ2n) is 4.13. The Kier molecular flexibility index (Phi) is 4.18. The Bertz CT molecular complexity index is 436. The molecule has 2 nitrogen and oxygen atoms in total. The van der Waals surface area contributed by atoms with Crippen LogP contribution in [-0.2, 0) is 0 Å². The first-order valence-electron chi connectivity index (χ1n) is 5.48. The van der Waals surface area contributed by atoms with Gasteiger partial charge in [0.2, 0.25) is 0 Å². The summed E-state index contributed by atoms with van der Waals surface area (Å²) in [7, 11) is 0. The van der Waals surface area contributed by atoms with Crippen molar-refractivity contribution in [3.63, 3.8) is 0 Å². The maximum Gasteiger partial charge on any atom is 0.253 e. The van der Waals surface area contributed by atoms with Crippen molar-refractivity contribution in [2.45, 2.75) is 30.7 Å². The largest absolute Gasteiger partial charge is 0.348 e. The molecule has 0 spiro atoms. The van der Waals surface area contributed by atoms with E-state index in [1.54, 1.807) is 18.2 Å². The summed E-state index contributed by atoms with van der Waals surface area (Å²) in [5, 5.41) is 3.58. The molecule has 0 aromatic heterocycles. The SMILES string of the molecule is O=C(NC1CCCC1Cl)c1cccc(Cl)c1Cl. The molecule has 1 saturated carbocycles. The molecule has 17 heavy (non-hydrogen) atoms. The standard InChI is InChI=1S/C12H12Cl3NO/c13-8-4-2-6-10(8)16-12(17)7-3-1-5-9(14)11(7)15/h1,3,5,8,10H,2,4,6H2,(H,16,17). The van der Waals surface area contributed by atoms with E-state index in [-0.39, 0.29) is 22.3 Å². The fraction of sp³-hybridized carbons (Fsp3) is 0.417. The fourth-order valence-electron chi connectivity index (χ4n) is 2.00. The van der Waals surface area contributed by atoms with Crippen LogP contribution in [0.3, 0.4) is 0 Å². The Hall–Kier alpha value is -0.440. The first kappa shape index (κ1) is 13.0. The van der Waals surface area contributed by atoms with Crippen LogP contribution in [0.25, 0.3) is 0 Å². The van der Waals surface area contributed by atoms with E-state index in [4.69, 9.17) is 34.8 Å². The van der Waals surface area contributed by atoms with Gasteiger partial charge in [-0.3, -0.25) is 4.79 Å². The molecular weight excluding hydrogens is 280 g/mol. The Balaban J connectivity index is 2.12. The number of carbonyl (C=O) groups is 1. The normalized spacial score (nSPS) is 23.7. The van der Waals surface area contributed by atoms with Crippen LogP contribution < -0.4 is 5.32 Å². The van der Waals surface area contributed by atoms with Gasteiger partial charge in [-0.05, 0) is 31.4 Å². The van der Waals surface area contributed by atoms with E-state index in [0.29, 0.717) is 10.6 Å². The zero-order valence-electron chi connectivity index (χ0n) is 9.05. The van der Waals surface area contributed by atoms with E-state index < -0.39 is 0 Å². The predicted octanol–water partition coefficient (Wildman–Crippen LogP) is 3.88. The monoisotopic (exact) mass is 291 g/mol. The van der Waals surface area contributed by atoms with Gasteiger partial charge < -0.3 is 5.32 Å². The molecule has 0 radical (unpaired) electrons. The summed E-state index contributed by atoms with van der Waals surface area (Å²) in [6.45, 7) is 0. The van der Waals surface area contributed by atoms with Gasteiger partial charge in [0.05, 0.1) is 21.0 Å². The highest BCUT2D eigenvalue weighted by molar-refractivity contribution is 6.43. The van der Waals surface area contributed by atoms with Crippen molar-refractivity contribution in [1.29, 1.82) is 0 Å². The molecule has 1 amide bonds. The lowest BCUT2D eigenvalue weighted by Gasteiger charge is -2.16. The molecule has 1 aliphatic rings. The van der Waals surface area contributed by atoms with Crippen LogP contribution in [0.15, 0.2) is 18.2 Å². The number of nitrogens with one attached hydrogen (secondary N) is 1. The number of carbonyl (C=O) groups excluding carboxylic acids is 1. The molecule has 2 atom stereocenters. The molecule has 1 aromatic rings. The number of benzene rings is 1. The summed E-state index contributed by atoms with van der Waals surface area (Å²) in [5.74, 6) is -0.213. The van der Waals surface area contributed by atoms with E-state index in [1.165, 1.54) is 0 Å². The average Bonchev–Trinajstić information content (AvgIpc) is 2.68. The highest BCUT2D eigenvalue weighted by atomic mass is 35.5. The highest BCUT2D eigenvalue weighted by Crippen LogP contribution is 2.27. The van der Waals surface area contributed by atoms with Crippen molar-refractivity contribution in [3.05, 3.63) is 33.8 Å². The molecule has 1 fully saturated rings. The molecule has 0 aliphatic heterocycles. The van der Waals surface area contributed by atoms with E-state index >= 15 is 0 Å². The van der Waals surface area contributed by atoms with Crippen molar-refractivity contribution in [1.82, 2.24) is 5.32 Å². The lowest BCUT2D eigenvalue weighted by atomic mass is 10.2. The Labute approximate surface area is 115 Å². The minimum atomic E-state index is -0.213. The lowest BCUT2D eigenvalue weighted by molar-refractivity contribution is 0.0938. The first-order valence-corrected chi connectivity index (χ1v) is 6.68. The van der Waals surface area contributed by atoms with Gasteiger partial charge in [0, 0.05) is 6.04 Å². The van der Waals surface area contributed by atoms with Gasteiger partial charge in [-0.15, -0.1) is 11.6 Å². The highest BCUT2D eigenvalue weighted by Gasteiger charge is 2.27. The quantitative estimate of drug-likeness (QED) is 0.823. The topological polar surface area (TPSA) is 29.1 Å². The zero-order chi connectivity index (χ0) is 12.4. The minimum Gasteiger partial charge on any atom is -0.348 e. The summed E-state index contributed by atoms with van der Waals surface area (Å²) in [4.78, 5) is 12.0. The van der Waals surface area contributed by atoms with Crippen LogP contribution in [-0.4, -0.2) is 17.3 Å². The molecule has 0 heterocycles. The zero-order valence-corrected chi connectivity index (χ0v) is 11.3. The molecule has 2 rings (SSSR count). The smallest absolute Gasteiger partial charge is 0.253 e. The van der Waals surface area contributed by atoms with Crippen LogP contribution in [0.2, 0.25) is 10.0 Å². The van der Waals surface area contributed by atoms with E-state index in [9.17, 15) is 4.79 Å². The van der Waals surface area contributed by atoms with Crippen molar-refractivity contribution in [3.8, 4) is 0 Å². The summed E-state index contributed by atoms with van der Waals surface area (Å²) >= 11 is 18.0. The third kappa shape index (κ3) is 2.87. The van der Waals surface area contributed by atoms with E-state index in [0.717, 1.165) is 19.3 Å². The second kappa shape index (κ2) is 5.47. The molecule has 0 bridgehead atoms. The third-order valence-corrected chi connectivity index (χ3v) is 4.29. The molecular formula is C12H12Cl3NO. The number of hydrogen-bond acceptors (Lipinski definition) is 1. The number of hydrogen-bond donors (Lipinski definition) is 1. The third-order valence-electron chi connectivity index (χ3n) is 2.94. The molecule has 2 unspecified atom stereocenters. The molecule has 1 aromatic carbocycles. The van der Waals surface area contributed by atoms with Crippen molar-refractivity contribution in [2.24, 2.45) is 0 Å². The maximum atomic E-state index is 12.0. The van der Waals surface area contributed by atoms with Crippen molar-refractivity contribution in [2.75, 3.05) is 0 Å². The van der Waals surface area contributed by atoms with Crippen LogP contribution in [0, 0.1) is 0 Å². The van der Waals surface area contributed by atoms with Crippen LogP contribution in [0.1, 0.15) is 29.6 Å². The number of halogens is 3. The summed E-state index contributed by atoms with van der Waals surface area (Å²) in [6, 6.07) is 5.04. The van der Waals surface area contributed by atoms with Crippen LogP contribution in [0.5, 0.6) is 0 Å². The summed E-state index contributed by atoms with van der Waals surface area (Å²) in [6.07, 6.45) is 2.90. The fourth-order valence-corrected chi connectivity index (χ4v) is 2.73. The maximum absolute atomic E-state index is 12.0. The Morgan fingerprint density at radius 3 is 2.71 bits per heavy atom. The number of alkyl halides is 1. The molecule has 0 saturated heterocycles. The van der Waals surface area contributed by atoms with Gasteiger partial charge in [0.1, 0.15) is 0 Å². The van der Waals surface area contributed by atoms with Gasteiger partial charge in [0.15, 0.2) is 0 Å². The van der Waals surface area contributed by atoms with Crippen molar-refractivity contribution < 1.29 is 4.79 Å². The van der Waals surface area contributed by atoms with Crippen LogP contribution in [0.4, 0.5) is 0 Å². The Morgan fingerprint density at radius 2 is 2.06 bits per heavy atom.